The highest BCUT2D eigenvalue weighted by Gasteiger charge is 2.14. The van der Waals surface area contributed by atoms with Crippen LogP contribution in [0.1, 0.15) is 23.9 Å². The Bertz CT molecular complexity index is 679. The lowest BCUT2D eigenvalue weighted by Crippen LogP contribution is -2.33. The summed E-state index contributed by atoms with van der Waals surface area (Å²) in [4.78, 5) is 13.8. The molecule has 0 spiro atoms. The molecule has 1 aromatic heterocycles. The molecule has 0 saturated carbocycles. The van der Waals surface area contributed by atoms with Gasteiger partial charge in [0.15, 0.2) is 0 Å². The summed E-state index contributed by atoms with van der Waals surface area (Å²) in [6.07, 6.45) is 0.755. The Kier molecular flexibility index (Phi) is 5.36. The number of halogens is 1. The number of anilines is 1. The second-order valence-electron chi connectivity index (χ2n) is 5.57. The fourth-order valence-electron chi connectivity index (χ4n) is 2.54. The van der Waals surface area contributed by atoms with Gasteiger partial charge in [-0.3, -0.25) is 4.68 Å². The lowest BCUT2D eigenvalue weighted by atomic mass is 10.1. The molecule has 6 heteroatoms. The number of carbonyl (C=O) groups is 1. The van der Waals surface area contributed by atoms with Crippen molar-refractivity contribution >= 4 is 11.7 Å². The van der Waals surface area contributed by atoms with Crippen molar-refractivity contribution in [2.45, 2.75) is 33.7 Å². The first-order valence-electron chi connectivity index (χ1n) is 7.73. The average molecular weight is 318 g/mol. The minimum Gasteiger partial charge on any atom is -0.327 e. The maximum atomic E-state index is 12.9. The van der Waals surface area contributed by atoms with E-state index in [-0.39, 0.29) is 11.8 Å². The topological polar surface area (TPSA) is 50.2 Å². The van der Waals surface area contributed by atoms with Gasteiger partial charge in [0.1, 0.15) is 5.82 Å². The Morgan fingerprint density at radius 2 is 1.96 bits per heavy atom. The molecular formula is C17H23FN4O. The summed E-state index contributed by atoms with van der Waals surface area (Å²) in [6.45, 7) is 7.54. The van der Waals surface area contributed by atoms with Crippen LogP contribution < -0.4 is 5.32 Å². The number of rotatable bonds is 5. The second kappa shape index (κ2) is 7.26. The zero-order chi connectivity index (χ0) is 17.0. The maximum absolute atomic E-state index is 12.9. The van der Waals surface area contributed by atoms with Gasteiger partial charge in [-0.15, -0.1) is 0 Å². The number of carbonyl (C=O) groups excluding carboxylic acids is 1. The number of aromatic nitrogens is 2. The number of likely N-dealkylation sites (N-methyl/N-ethyl adjacent to an activating group) is 1. The number of benzene rings is 1. The fraction of sp³-hybridized carbons (Fsp3) is 0.412. The maximum Gasteiger partial charge on any atom is 0.321 e. The summed E-state index contributed by atoms with van der Waals surface area (Å²) in [5, 5.41) is 7.24. The zero-order valence-electron chi connectivity index (χ0n) is 14.1. The van der Waals surface area contributed by atoms with E-state index in [2.05, 4.69) is 24.3 Å². The van der Waals surface area contributed by atoms with E-state index >= 15 is 0 Å². The summed E-state index contributed by atoms with van der Waals surface area (Å²) in [5.74, 6) is -0.324. The summed E-state index contributed by atoms with van der Waals surface area (Å²) in [6, 6.07) is 5.51. The van der Waals surface area contributed by atoms with E-state index in [9.17, 15) is 9.18 Å². The van der Waals surface area contributed by atoms with E-state index < -0.39 is 0 Å². The molecule has 2 aromatic rings. The molecule has 1 N–H and O–H groups in total. The van der Waals surface area contributed by atoms with Crippen LogP contribution in [0.15, 0.2) is 24.3 Å². The standard InChI is InChI=1S/C17H23FN4O/c1-5-22-13(3)16(12(2)20-22)10-11-21(4)17(23)19-15-8-6-14(18)7-9-15/h6-9H,5,10-11H2,1-4H3,(H,19,23). The molecule has 0 atom stereocenters. The third-order valence-corrected chi connectivity index (χ3v) is 3.97. The molecule has 0 aliphatic carbocycles. The van der Waals surface area contributed by atoms with Crippen LogP contribution in [0.4, 0.5) is 14.9 Å². The second-order valence-corrected chi connectivity index (χ2v) is 5.57. The van der Waals surface area contributed by atoms with Crippen molar-refractivity contribution < 1.29 is 9.18 Å². The van der Waals surface area contributed by atoms with Gasteiger partial charge < -0.3 is 10.2 Å². The Morgan fingerprint density at radius 3 is 2.52 bits per heavy atom. The third-order valence-electron chi connectivity index (χ3n) is 3.97. The summed E-state index contributed by atoms with van der Waals surface area (Å²) in [7, 11) is 1.74. The molecule has 0 unspecified atom stereocenters. The van der Waals surface area contributed by atoms with Crippen molar-refractivity contribution in [2.24, 2.45) is 0 Å². The van der Waals surface area contributed by atoms with Crippen molar-refractivity contribution in [3.8, 4) is 0 Å². The molecule has 124 valence electrons. The largest absolute Gasteiger partial charge is 0.327 e. The number of hydrogen-bond acceptors (Lipinski definition) is 2. The minimum atomic E-state index is -0.324. The first-order chi connectivity index (χ1) is 10.9. The lowest BCUT2D eigenvalue weighted by molar-refractivity contribution is 0.223. The van der Waals surface area contributed by atoms with E-state index in [0.29, 0.717) is 12.2 Å². The van der Waals surface area contributed by atoms with Gasteiger partial charge in [-0.1, -0.05) is 0 Å². The highest BCUT2D eigenvalue weighted by molar-refractivity contribution is 5.89. The van der Waals surface area contributed by atoms with Gasteiger partial charge in [0, 0.05) is 31.5 Å². The Hall–Kier alpha value is -2.37. The molecule has 0 aliphatic heterocycles. The molecule has 0 bridgehead atoms. The number of nitrogens with one attached hydrogen (secondary N) is 1. The normalized spacial score (nSPS) is 10.7. The zero-order valence-corrected chi connectivity index (χ0v) is 14.1. The first kappa shape index (κ1) is 17.0. The quantitative estimate of drug-likeness (QED) is 0.919. The van der Waals surface area contributed by atoms with Crippen molar-refractivity contribution in [3.63, 3.8) is 0 Å². The number of nitrogens with zero attached hydrogens (tertiary/aromatic N) is 3. The predicted molar refractivity (Wildman–Crippen MR) is 89.1 cm³/mol. The highest BCUT2D eigenvalue weighted by atomic mass is 19.1. The van der Waals surface area contributed by atoms with Gasteiger partial charge in [-0.05, 0) is 57.0 Å². The molecule has 0 saturated heterocycles. The smallest absolute Gasteiger partial charge is 0.321 e. The molecule has 5 nitrogen and oxygen atoms in total. The van der Waals surface area contributed by atoms with Crippen LogP contribution in [-0.4, -0.2) is 34.3 Å². The van der Waals surface area contributed by atoms with Crippen LogP contribution in [0, 0.1) is 19.7 Å². The summed E-state index contributed by atoms with van der Waals surface area (Å²) >= 11 is 0. The van der Waals surface area contributed by atoms with E-state index in [1.165, 1.54) is 17.7 Å². The molecule has 0 fully saturated rings. The number of amides is 2. The Morgan fingerprint density at radius 1 is 1.30 bits per heavy atom. The van der Waals surface area contributed by atoms with Gasteiger partial charge in [0.2, 0.25) is 0 Å². The molecular weight excluding hydrogens is 295 g/mol. The van der Waals surface area contributed by atoms with E-state index in [1.54, 1.807) is 24.1 Å². The molecule has 23 heavy (non-hydrogen) atoms. The van der Waals surface area contributed by atoms with E-state index in [1.807, 2.05) is 11.6 Å². The molecule has 0 radical (unpaired) electrons. The monoisotopic (exact) mass is 318 g/mol. The molecule has 1 aromatic carbocycles. The van der Waals surface area contributed by atoms with Crippen LogP contribution in [0.2, 0.25) is 0 Å². The fourth-order valence-corrected chi connectivity index (χ4v) is 2.54. The van der Waals surface area contributed by atoms with Gasteiger partial charge in [0.25, 0.3) is 0 Å². The Labute approximate surface area is 136 Å². The van der Waals surface area contributed by atoms with E-state index in [0.717, 1.165) is 24.4 Å². The van der Waals surface area contributed by atoms with Crippen LogP contribution in [-0.2, 0) is 13.0 Å². The van der Waals surface area contributed by atoms with Crippen molar-refractivity contribution in [2.75, 3.05) is 18.9 Å². The number of urea groups is 1. The lowest BCUT2D eigenvalue weighted by Gasteiger charge is -2.18. The molecule has 0 aliphatic rings. The molecule has 1 heterocycles. The van der Waals surface area contributed by atoms with Gasteiger partial charge >= 0.3 is 6.03 Å². The number of hydrogen-bond donors (Lipinski definition) is 1. The van der Waals surface area contributed by atoms with Crippen LogP contribution in [0.25, 0.3) is 0 Å². The molecule has 2 amide bonds. The predicted octanol–water partition coefficient (Wildman–Crippen LogP) is 3.37. The first-order valence-corrected chi connectivity index (χ1v) is 7.73. The van der Waals surface area contributed by atoms with Gasteiger partial charge in [-0.25, -0.2) is 9.18 Å². The van der Waals surface area contributed by atoms with E-state index in [4.69, 9.17) is 0 Å². The van der Waals surface area contributed by atoms with Crippen molar-refractivity contribution in [1.82, 2.24) is 14.7 Å². The van der Waals surface area contributed by atoms with Crippen LogP contribution in [0.3, 0.4) is 0 Å². The third kappa shape index (κ3) is 4.09. The van der Waals surface area contributed by atoms with Crippen LogP contribution in [0.5, 0.6) is 0 Å². The summed E-state index contributed by atoms with van der Waals surface area (Å²) in [5.41, 5.74) is 3.93. The SMILES string of the molecule is CCn1nc(C)c(CCN(C)C(=O)Nc2ccc(F)cc2)c1C. The van der Waals surface area contributed by atoms with Crippen molar-refractivity contribution in [3.05, 3.63) is 47.0 Å². The van der Waals surface area contributed by atoms with Gasteiger partial charge in [0.05, 0.1) is 5.69 Å². The highest BCUT2D eigenvalue weighted by Crippen LogP contribution is 2.14. The van der Waals surface area contributed by atoms with Gasteiger partial charge in [-0.2, -0.15) is 5.10 Å². The van der Waals surface area contributed by atoms with Crippen LogP contribution >= 0.6 is 0 Å². The number of aryl methyl sites for hydroxylation is 2. The summed E-state index contributed by atoms with van der Waals surface area (Å²) < 4.78 is 14.8. The Balaban J connectivity index is 1.94. The minimum absolute atomic E-state index is 0.213. The van der Waals surface area contributed by atoms with Crippen molar-refractivity contribution in [1.29, 1.82) is 0 Å². The molecule has 2 rings (SSSR count). The average Bonchev–Trinajstić information content (AvgIpc) is 2.81.